The van der Waals surface area contributed by atoms with Crippen LogP contribution in [0, 0.1) is 0 Å². The summed E-state index contributed by atoms with van der Waals surface area (Å²) in [4.78, 5) is 8.64. The Morgan fingerprint density at radius 1 is 1.44 bits per heavy atom. The van der Waals surface area contributed by atoms with Crippen LogP contribution in [0.3, 0.4) is 0 Å². The zero-order valence-corrected chi connectivity index (χ0v) is 10.6. The van der Waals surface area contributed by atoms with Crippen molar-refractivity contribution in [1.82, 2.24) is 5.32 Å². The maximum Gasteiger partial charge on any atom is 0.107 e. The van der Waals surface area contributed by atoms with Crippen molar-refractivity contribution in [3.8, 4) is 0 Å². The first kappa shape index (κ1) is 12.3. The quantitative estimate of drug-likeness (QED) is 0.788. The fourth-order valence-electron chi connectivity index (χ4n) is 1.80. The van der Waals surface area contributed by atoms with Crippen LogP contribution in [0.4, 0.5) is 0 Å². The van der Waals surface area contributed by atoms with Crippen molar-refractivity contribution in [3.05, 3.63) is 59.6 Å². The standard InChI is InChI=1S/C15H17N3/c1-3-16-14-9-10-17-15(14)12(2)18-11-13-7-5-4-6-8-13/h3-8,10,18H,2,9,11H2,1H3. The van der Waals surface area contributed by atoms with Crippen LogP contribution < -0.4 is 5.32 Å². The van der Waals surface area contributed by atoms with Crippen molar-refractivity contribution in [2.45, 2.75) is 19.9 Å². The first-order chi connectivity index (χ1) is 8.81. The van der Waals surface area contributed by atoms with Gasteiger partial charge in [0.05, 0.1) is 11.4 Å². The second-order valence-corrected chi connectivity index (χ2v) is 4.02. The minimum atomic E-state index is 0.752. The summed E-state index contributed by atoms with van der Waals surface area (Å²) in [6.45, 7) is 6.69. The van der Waals surface area contributed by atoms with Crippen LogP contribution in [-0.4, -0.2) is 12.4 Å². The summed E-state index contributed by atoms with van der Waals surface area (Å²) in [5.74, 6) is 0. The van der Waals surface area contributed by atoms with E-state index in [2.05, 4.69) is 34.0 Å². The predicted octanol–water partition coefficient (Wildman–Crippen LogP) is 3.07. The molecule has 1 heterocycles. The van der Waals surface area contributed by atoms with Crippen LogP contribution in [0.25, 0.3) is 0 Å². The zero-order valence-electron chi connectivity index (χ0n) is 10.6. The Morgan fingerprint density at radius 2 is 2.22 bits per heavy atom. The fraction of sp³-hybridized carbons (Fsp3) is 0.200. The third kappa shape index (κ3) is 2.94. The zero-order chi connectivity index (χ0) is 12.8. The smallest absolute Gasteiger partial charge is 0.107 e. The third-order valence-electron chi connectivity index (χ3n) is 2.70. The molecule has 1 N–H and O–H groups in total. The minimum absolute atomic E-state index is 0.752. The van der Waals surface area contributed by atoms with Gasteiger partial charge in [0.25, 0.3) is 0 Å². The molecule has 0 saturated heterocycles. The molecule has 0 saturated carbocycles. The number of nitrogens with one attached hydrogen (secondary N) is 1. The molecule has 2 rings (SSSR count). The normalized spacial score (nSPS) is 14.5. The second kappa shape index (κ2) is 5.96. The van der Waals surface area contributed by atoms with Crippen molar-refractivity contribution >= 4 is 12.4 Å². The predicted molar refractivity (Wildman–Crippen MR) is 76.7 cm³/mol. The molecule has 92 valence electrons. The number of benzene rings is 1. The summed E-state index contributed by atoms with van der Waals surface area (Å²) in [5.41, 5.74) is 3.89. The Kier molecular flexibility index (Phi) is 4.07. The number of hydrogen-bond acceptors (Lipinski definition) is 3. The van der Waals surface area contributed by atoms with Crippen LogP contribution in [0.1, 0.15) is 18.9 Å². The van der Waals surface area contributed by atoms with E-state index < -0.39 is 0 Å². The molecule has 0 atom stereocenters. The number of allylic oxidation sites excluding steroid dienone is 1. The SMILES string of the molecule is C=C(NCc1ccccc1)C1=C(N=CC)CC=N1. The van der Waals surface area contributed by atoms with E-state index in [1.165, 1.54) is 5.56 Å². The Bertz CT molecular complexity index is 510. The maximum atomic E-state index is 4.33. The molecule has 0 aliphatic carbocycles. The lowest BCUT2D eigenvalue weighted by Gasteiger charge is -2.09. The maximum absolute atomic E-state index is 4.33. The first-order valence-corrected chi connectivity index (χ1v) is 6.02. The number of nitrogens with zero attached hydrogens (tertiary/aromatic N) is 2. The van der Waals surface area contributed by atoms with Crippen LogP contribution in [-0.2, 0) is 6.54 Å². The number of rotatable bonds is 5. The Labute approximate surface area is 108 Å². The van der Waals surface area contributed by atoms with Gasteiger partial charge in [0.15, 0.2) is 0 Å². The number of aliphatic imine (C=N–C) groups is 2. The summed E-state index contributed by atoms with van der Waals surface area (Å²) < 4.78 is 0. The highest BCUT2D eigenvalue weighted by molar-refractivity contribution is 5.71. The highest BCUT2D eigenvalue weighted by atomic mass is 15.0. The van der Waals surface area contributed by atoms with Crippen LogP contribution in [0.5, 0.6) is 0 Å². The average Bonchev–Trinajstić information content (AvgIpc) is 2.86. The van der Waals surface area contributed by atoms with E-state index in [4.69, 9.17) is 0 Å². The molecule has 0 aromatic heterocycles. The molecule has 1 aliphatic rings. The third-order valence-corrected chi connectivity index (χ3v) is 2.70. The van der Waals surface area contributed by atoms with Crippen molar-refractivity contribution in [1.29, 1.82) is 0 Å². The highest BCUT2D eigenvalue weighted by Gasteiger charge is 2.12. The Hall–Kier alpha value is -2.16. The first-order valence-electron chi connectivity index (χ1n) is 6.02. The molecule has 0 bridgehead atoms. The van der Waals surface area contributed by atoms with Gasteiger partial charge < -0.3 is 5.32 Å². The van der Waals surface area contributed by atoms with Gasteiger partial charge in [0, 0.05) is 25.4 Å². The molecule has 0 fully saturated rings. The minimum Gasteiger partial charge on any atom is -0.380 e. The highest BCUT2D eigenvalue weighted by Crippen LogP contribution is 2.21. The summed E-state index contributed by atoms with van der Waals surface area (Å²) in [6.07, 6.45) is 4.44. The summed E-state index contributed by atoms with van der Waals surface area (Å²) in [5, 5.41) is 3.29. The van der Waals surface area contributed by atoms with Crippen LogP contribution >= 0.6 is 0 Å². The van der Waals surface area contributed by atoms with E-state index in [0.717, 1.165) is 30.1 Å². The van der Waals surface area contributed by atoms with Gasteiger partial charge in [-0.3, -0.25) is 9.98 Å². The molecule has 18 heavy (non-hydrogen) atoms. The van der Waals surface area contributed by atoms with Gasteiger partial charge in [0.2, 0.25) is 0 Å². The van der Waals surface area contributed by atoms with Gasteiger partial charge in [-0.05, 0) is 12.5 Å². The molecule has 0 unspecified atom stereocenters. The Morgan fingerprint density at radius 3 is 2.94 bits per heavy atom. The van der Waals surface area contributed by atoms with E-state index >= 15 is 0 Å². The van der Waals surface area contributed by atoms with Gasteiger partial charge in [0.1, 0.15) is 5.70 Å². The monoisotopic (exact) mass is 239 g/mol. The van der Waals surface area contributed by atoms with Gasteiger partial charge in [-0.1, -0.05) is 36.9 Å². The van der Waals surface area contributed by atoms with E-state index in [1.807, 2.05) is 31.3 Å². The molecule has 0 spiro atoms. The van der Waals surface area contributed by atoms with E-state index in [0.29, 0.717) is 0 Å². The van der Waals surface area contributed by atoms with E-state index in [1.54, 1.807) is 6.21 Å². The van der Waals surface area contributed by atoms with E-state index in [-0.39, 0.29) is 0 Å². The van der Waals surface area contributed by atoms with Gasteiger partial charge in [-0.2, -0.15) is 0 Å². The van der Waals surface area contributed by atoms with Gasteiger partial charge in [-0.25, -0.2) is 0 Å². The van der Waals surface area contributed by atoms with Crippen molar-refractivity contribution in [3.63, 3.8) is 0 Å². The molecular weight excluding hydrogens is 222 g/mol. The molecule has 1 aromatic rings. The second-order valence-electron chi connectivity index (χ2n) is 4.02. The topological polar surface area (TPSA) is 36.8 Å². The summed E-state index contributed by atoms with van der Waals surface area (Å²) in [6, 6.07) is 10.2. The molecule has 3 heteroatoms. The Balaban J connectivity index is 2.00. The van der Waals surface area contributed by atoms with Gasteiger partial charge >= 0.3 is 0 Å². The fourth-order valence-corrected chi connectivity index (χ4v) is 1.80. The average molecular weight is 239 g/mol. The van der Waals surface area contributed by atoms with Crippen molar-refractivity contribution in [2.75, 3.05) is 0 Å². The number of hydrogen-bond donors (Lipinski definition) is 1. The lowest BCUT2D eigenvalue weighted by atomic mass is 10.2. The van der Waals surface area contributed by atoms with Crippen molar-refractivity contribution < 1.29 is 0 Å². The van der Waals surface area contributed by atoms with Crippen molar-refractivity contribution in [2.24, 2.45) is 9.98 Å². The molecule has 1 aromatic carbocycles. The lowest BCUT2D eigenvalue weighted by molar-refractivity contribution is 0.817. The largest absolute Gasteiger partial charge is 0.380 e. The molecule has 0 radical (unpaired) electrons. The van der Waals surface area contributed by atoms with E-state index in [9.17, 15) is 0 Å². The summed E-state index contributed by atoms with van der Waals surface area (Å²) >= 11 is 0. The van der Waals surface area contributed by atoms with Gasteiger partial charge in [-0.15, -0.1) is 0 Å². The molecular formula is C15H17N3. The van der Waals surface area contributed by atoms with Crippen LogP contribution in [0.2, 0.25) is 0 Å². The molecule has 3 nitrogen and oxygen atoms in total. The van der Waals surface area contributed by atoms with Crippen LogP contribution in [0.15, 0.2) is 64.0 Å². The molecule has 1 aliphatic heterocycles. The lowest BCUT2D eigenvalue weighted by Crippen LogP contribution is -2.13. The molecule has 0 amide bonds. The summed E-state index contributed by atoms with van der Waals surface area (Å²) in [7, 11) is 0.